The molecular formula is C47H53N9O6S. The predicted molar refractivity (Wildman–Crippen MR) is 239 cm³/mol. The number of phenols is 1. The maximum atomic E-state index is 14.5. The number of carbonyl (C=O) groups excluding carboxylic acids is 3. The predicted octanol–water partition coefficient (Wildman–Crippen LogP) is 6.56. The van der Waals surface area contributed by atoms with Gasteiger partial charge in [0.2, 0.25) is 17.7 Å². The zero-order valence-electron chi connectivity index (χ0n) is 36.1. The first-order valence-electron chi connectivity index (χ1n) is 21.7. The van der Waals surface area contributed by atoms with E-state index in [1.165, 1.54) is 4.90 Å². The van der Waals surface area contributed by atoms with Gasteiger partial charge in [-0.05, 0) is 74.4 Å². The van der Waals surface area contributed by atoms with E-state index in [1.54, 1.807) is 30.4 Å². The average molecular weight is 872 g/mol. The van der Waals surface area contributed by atoms with Crippen molar-refractivity contribution in [3.8, 4) is 27.4 Å². The SMILES string of the molecule is Cc1ncsc1-c1ccc([C@H](C)NC(=O)C2(C)C[C@@H](O)CN2C(=O)[C@H](c2cc(N3CCC(C(=O)N4CC(c5c[nH]c6nnc(-c7ccccc7O)cc56)C4)CC3)no2)C(C)C)cc1. The molecule has 1 unspecified atom stereocenters. The number of β-amino-alcohol motifs (C(OH)–C–C–N with tert-alkyl or cyclic N) is 1. The third-order valence-corrected chi connectivity index (χ3v) is 14.3. The van der Waals surface area contributed by atoms with Crippen molar-refractivity contribution in [2.24, 2.45) is 11.8 Å². The van der Waals surface area contributed by atoms with Crippen molar-refractivity contribution in [3.05, 3.63) is 95.0 Å². The van der Waals surface area contributed by atoms with Crippen LogP contribution in [0.4, 0.5) is 5.82 Å². The van der Waals surface area contributed by atoms with Crippen LogP contribution in [0.5, 0.6) is 5.75 Å². The second-order valence-electron chi connectivity index (χ2n) is 17.9. The van der Waals surface area contributed by atoms with E-state index in [-0.39, 0.29) is 60.2 Å². The molecule has 4 atom stereocenters. The number of H-pyrrole nitrogens is 1. The van der Waals surface area contributed by atoms with Crippen LogP contribution < -0.4 is 10.2 Å². The number of phenolic OH excluding ortho intramolecular Hbond substituents is 1. The fraction of sp³-hybridized carbons (Fsp3) is 0.426. The molecule has 6 aromatic rings. The Bertz CT molecular complexity index is 2640. The summed E-state index contributed by atoms with van der Waals surface area (Å²) in [6.07, 6.45) is 2.52. The molecular weight excluding hydrogens is 819 g/mol. The van der Waals surface area contributed by atoms with Gasteiger partial charge in [-0.25, -0.2) is 4.98 Å². The largest absolute Gasteiger partial charge is 0.507 e. The van der Waals surface area contributed by atoms with Gasteiger partial charge in [0.05, 0.1) is 33.9 Å². The van der Waals surface area contributed by atoms with Crippen LogP contribution in [0.25, 0.3) is 32.7 Å². The third kappa shape index (κ3) is 7.94. The molecule has 2 aromatic carbocycles. The lowest BCUT2D eigenvalue weighted by Gasteiger charge is -2.42. The summed E-state index contributed by atoms with van der Waals surface area (Å²) in [5, 5.41) is 38.4. The quantitative estimate of drug-likeness (QED) is 0.110. The fourth-order valence-electron chi connectivity index (χ4n) is 9.58. The number of carbonyl (C=O) groups is 3. The highest BCUT2D eigenvalue weighted by molar-refractivity contribution is 7.13. The number of benzene rings is 2. The molecule has 3 aliphatic heterocycles. The van der Waals surface area contributed by atoms with Crippen LogP contribution in [-0.4, -0.2) is 107 Å². The molecule has 15 nitrogen and oxygen atoms in total. The number of amides is 3. The molecule has 3 aliphatic rings. The molecule has 7 heterocycles. The molecule has 328 valence electrons. The summed E-state index contributed by atoms with van der Waals surface area (Å²) in [5.41, 5.74) is 6.46. The summed E-state index contributed by atoms with van der Waals surface area (Å²) in [6.45, 7) is 12.0. The number of rotatable bonds is 11. The van der Waals surface area contributed by atoms with Gasteiger partial charge >= 0.3 is 0 Å². The lowest BCUT2D eigenvalue weighted by Crippen LogP contribution is -2.57. The summed E-state index contributed by atoms with van der Waals surface area (Å²) in [7, 11) is 0. The van der Waals surface area contributed by atoms with Gasteiger partial charge in [0.25, 0.3) is 0 Å². The van der Waals surface area contributed by atoms with Crippen LogP contribution in [0.1, 0.15) is 87.4 Å². The molecule has 4 aromatic heterocycles. The molecule has 3 fully saturated rings. The van der Waals surface area contributed by atoms with Gasteiger partial charge in [-0.15, -0.1) is 21.5 Å². The fourth-order valence-corrected chi connectivity index (χ4v) is 10.4. The molecule has 0 radical (unpaired) electrons. The van der Waals surface area contributed by atoms with Gasteiger partial charge in [-0.1, -0.05) is 55.4 Å². The Morgan fingerprint density at radius 3 is 2.44 bits per heavy atom. The molecule has 16 heteroatoms. The summed E-state index contributed by atoms with van der Waals surface area (Å²) in [5.74, 6) is -0.194. The number of aliphatic hydroxyl groups is 1. The third-order valence-electron chi connectivity index (χ3n) is 13.3. The van der Waals surface area contributed by atoms with Crippen LogP contribution in [0.2, 0.25) is 0 Å². The molecule has 9 rings (SSSR count). The van der Waals surface area contributed by atoms with Crippen LogP contribution in [-0.2, 0) is 14.4 Å². The molecule has 3 amide bonds. The minimum Gasteiger partial charge on any atom is -0.507 e. The number of nitrogens with one attached hydrogen (secondary N) is 2. The number of likely N-dealkylation sites (tertiary alicyclic amines) is 2. The van der Waals surface area contributed by atoms with Crippen molar-refractivity contribution >= 4 is 45.9 Å². The van der Waals surface area contributed by atoms with E-state index in [0.717, 1.165) is 32.6 Å². The van der Waals surface area contributed by atoms with Crippen molar-refractivity contribution in [3.63, 3.8) is 0 Å². The Morgan fingerprint density at radius 2 is 1.75 bits per heavy atom. The smallest absolute Gasteiger partial charge is 0.246 e. The maximum Gasteiger partial charge on any atom is 0.246 e. The van der Waals surface area contributed by atoms with E-state index in [2.05, 4.69) is 35.5 Å². The summed E-state index contributed by atoms with van der Waals surface area (Å²) >= 11 is 1.59. The van der Waals surface area contributed by atoms with Crippen LogP contribution >= 0.6 is 11.3 Å². The normalized spacial score (nSPS) is 20.6. The number of aryl methyl sites for hydroxylation is 1. The first kappa shape index (κ1) is 42.2. The first-order chi connectivity index (χ1) is 30.3. The van der Waals surface area contributed by atoms with E-state index in [4.69, 9.17) is 4.52 Å². The van der Waals surface area contributed by atoms with Crippen LogP contribution in [0.15, 0.2) is 76.9 Å². The number of aromatic amines is 1. The van der Waals surface area contributed by atoms with E-state index in [0.29, 0.717) is 67.5 Å². The molecule has 63 heavy (non-hydrogen) atoms. The molecule has 0 spiro atoms. The summed E-state index contributed by atoms with van der Waals surface area (Å²) in [4.78, 5) is 56.5. The van der Waals surface area contributed by atoms with Gasteiger partial charge in [0.15, 0.2) is 17.2 Å². The van der Waals surface area contributed by atoms with Crippen molar-refractivity contribution in [1.29, 1.82) is 0 Å². The summed E-state index contributed by atoms with van der Waals surface area (Å²) in [6, 6.07) is 18.5. The van der Waals surface area contributed by atoms with Crippen molar-refractivity contribution in [1.82, 2.24) is 40.4 Å². The lowest BCUT2D eigenvalue weighted by atomic mass is 9.87. The van der Waals surface area contributed by atoms with E-state index in [1.807, 2.05) is 92.8 Å². The number of aromatic nitrogens is 5. The van der Waals surface area contributed by atoms with Gasteiger partial charge in [-0.2, -0.15) is 0 Å². The minimum atomic E-state index is -1.29. The van der Waals surface area contributed by atoms with Crippen LogP contribution in [0, 0.1) is 18.8 Å². The van der Waals surface area contributed by atoms with E-state index < -0.39 is 17.6 Å². The molecule has 0 bridgehead atoms. The van der Waals surface area contributed by atoms with Crippen LogP contribution in [0.3, 0.4) is 0 Å². The zero-order chi connectivity index (χ0) is 44.2. The zero-order valence-corrected chi connectivity index (χ0v) is 36.9. The minimum absolute atomic E-state index is 0.0284. The Labute approximate surface area is 369 Å². The standard InChI is InChI=1S/C47H53N9O6S/c1-26(2)41(45(60)56-24-33(57)20-47(56,5)46(61)50-27(3)29-10-12-30(13-11-29)42-28(4)49-25-63-42)39-19-40(53-62-39)54-16-14-31(15-17-54)44(59)55-22-32(23-55)36-21-48-43-35(36)18-37(51-52-43)34-8-6-7-9-38(34)58/h6-13,18-19,21,25-27,31-33,41,57-58H,14-17,20,22-24H2,1-5H3,(H,48,52)(H,50,61)/t27-,33+,41-,47?/m0/s1. The van der Waals surface area contributed by atoms with Crippen molar-refractivity contribution in [2.75, 3.05) is 37.6 Å². The number of thiazole rings is 1. The van der Waals surface area contributed by atoms with Gasteiger partial charge in [0, 0.05) is 74.2 Å². The number of hydrogen-bond donors (Lipinski definition) is 4. The molecule has 0 aliphatic carbocycles. The number of piperidine rings is 1. The number of fused-ring (bicyclic) bond motifs is 1. The highest BCUT2D eigenvalue weighted by Gasteiger charge is 2.52. The monoisotopic (exact) mass is 871 g/mol. The molecule has 3 saturated heterocycles. The second-order valence-corrected chi connectivity index (χ2v) is 18.8. The number of para-hydroxylation sites is 1. The van der Waals surface area contributed by atoms with Crippen molar-refractivity contribution < 1.29 is 29.1 Å². The highest BCUT2D eigenvalue weighted by Crippen LogP contribution is 2.39. The van der Waals surface area contributed by atoms with Gasteiger partial charge in [0.1, 0.15) is 17.2 Å². The molecule has 4 N–H and O–H groups in total. The lowest BCUT2D eigenvalue weighted by molar-refractivity contribution is -0.146. The second kappa shape index (κ2) is 16.9. The Balaban J connectivity index is 0.807. The average Bonchev–Trinajstić information content (AvgIpc) is 4.07. The van der Waals surface area contributed by atoms with Gasteiger partial charge in [-0.3, -0.25) is 14.4 Å². The summed E-state index contributed by atoms with van der Waals surface area (Å²) < 4.78 is 5.89. The number of aromatic hydroxyl groups is 1. The molecule has 0 saturated carbocycles. The number of anilines is 1. The Kier molecular flexibility index (Phi) is 11.3. The van der Waals surface area contributed by atoms with Gasteiger partial charge < -0.3 is 39.7 Å². The number of hydrogen-bond acceptors (Lipinski definition) is 12. The van der Waals surface area contributed by atoms with E-state index in [9.17, 15) is 24.6 Å². The maximum absolute atomic E-state index is 14.5. The highest BCUT2D eigenvalue weighted by atomic mass is 32.1. The van der Waals surface area contributed by atoms with Crippen molar-refractivity contribution in [2.45, 2.75) is 83.4 Å². The topological polar surface area (TPSA) is 194 Å². The first-order valence-corrected chi connectivity index (χ1v) is 22.6. The number of aliphatic hydroxyl groups excluding tert-OH is 1. The Morgan fingerprint density at radius 1 is 1.00 bits per heavy atom. The number of nitrogens with zero attached hydrogens (tertiary/aromatic N) is 7. The van der Waals surface area contributed by atoms with E-state index >= 15 is 0 Å². The Hall–Kier alpha value is -6.13.